The molecule has 0 aliphatic heterocycles. The minimum Gasteiger partial charge on any atom is -0.381 e. The maximum Gasteiger partial charge on any atom is 0.0400 e. The Labute approximate surface area is 110 Å². The smallest absolute Gasteiger partial charge is 0.0400 e. The van der Waals surface area contributed by atoms with E-state index >= 15 is 0 Å². The third-order valence-corrected chi connectivity index (χ3v) is 3.04. The highest BCUT2D eigenvalue weighted by atomic mass is 79.9. The van der Waals surface area contributed by atoms with Crippen LogP contribution in [0.4, 0.5) is 5.69 Å². The van der Waals surface area contributed by atoms with Gasteiger partial charge in [0.05, 0.1) is 0 Å². The molecule has 0 heterocycles. The summed E-state index contributed by atoms with van der Waals surface area (Å²) in [5.41, 5.74) is 9.14. The Balaban J connectivity index is 2.02. The van der Waals surface area contributed by atoms with E-state index in [2.05, 4.69) is 45.5 Å². The summed E-state index contributed by atoms with van der Waals surface area (Å²) in [4.78, 5) is 0. The molecule has 0 saturated heterocycles. The topological polar surface area (TPSA) is 38.0 Å². The van der Waals surface area contributed by atoms with Crippen molar-refractivity contribution >= 4 is 21.6 Å². The van der Waals surface area contributed by atoms with Gasteiger partial charge in [-0.2, -0.15) is 0 Å². The van der Waals surface area contributed by atoms with E-state index in [1.54, 1.807) is 0 Å². The quantitative estimate of drug-likeness (QED) is 0.904. The van der Waals surface area contributed by atoms with Gasteiger partial charge in [-0.1, -0.05) is 46.3 Å². The van der Waals surface area contributed by atoms with Gasteiger partial charge in [0.15, 0.2) is 0 Å². The molecule has 88 valence electrons. The van der Waals surface area contributed by atoms with Gasteiger partial charge in [-0.25, -0.2) is 0 Å². The molecule has 2 aromatic carbocycles. The van der Waals surface area contributed by atoms with Gasteiger partial charge in [0.25, 0.3) is 0 Å². The second-order valence-corrected chi connectivity index (χ2v) is 4.80. The van der Waals surface area contributed by atoms with E-state index in [9.17, 15) is 0 Å². The van der Waals surface area contributed by atoms with Gasteiger partial charge in [0, 0.05) is 23.2 Å². The molecule has 0 fully saturated rings. The lowest BCUT2D eigenvalue weighted by Gasteiger charge is -2.08. The highest BCUT2D eigenvalue weighted by Gasteiger charge is 1.96. The summed E-state index contributed by atoms with van der Waals surface area (Å²) in [5, 5.41) is 3.38. The van der Waals surface area contributed by atoms with Crippen LogP contribution in [-0.2, 0) is 13.1 Å². The molecular formula is C14H15BrN2. The summed E-state index contributed by atoms with van der Waals surface area (Å²) in [6, 6.07) is 16.5. The van der Waals surface area contributed by atoms with E-state index in [1.807, 2.05) is 24.3 Å². The van der Waals surface area contributed by atoms with Gasteiger partial charge in [-0.15, -0.1) is 0 Å². The van der Waals surface area contributed by atoms with Crippen molar-refractivity contribution in [3.05, 3.63) is 64.1 Å². The van der Waals surface area contributed by atoms with Gasteiger partial charge < -0.3 is 11.1 Å². The van der Waals surface area contributed by atoms with Crippen LogP contribution in [0.15, 0.2) is 53.0 Å². The van der Waals surface area contributed by atoms with Crippen LogP contribution in [0, 0.1) is 0 Å². The molecule has 2 nitrogen and oxygen atoms in total. The van der Waals surface area contributed by atoms with Crippen LogP contribution >= 0.6 is 15.9 Å². The maximum atomic E-state index is 5.62. The Morgan fingerprint density at radius 3 is 2.53 bits per heavy atom. The molecule has 0 amide bonds. The zero-order chi connectivity index (χ0) is 12.1. The lowest BCUT2D eigenvalue weighted by atomic mass is 10.1. The van der Waals surface area contributed by atoms with Crippen molar-refractivity contribution in [3.8, 4) is 0 Å². The molecule has 2 aromatic rings. The van der Waals surface area contributed by atoms with Gasteiger partial charge >= 0.3 is 0 Å². The van der Waals surface area contributed by atoms with Gasteiger partial charge in [0.2, 0.25) is 0 Å². The Kier molecular flexibility index (Phi) is 4.18. The molecule has 0 spiro atoms. The predicted octanol–water partition coefficient (Wildman–Crippen LogP) is 3.52. The van der Waals surface area contributed by atoms with Crippen molar-refractivity contribution in [1.82, 2.24) is 0 Å². The number of halogens is 1. The molecule has 2 rings (SSSR count). The highest BCUT2D eigenvalue weighted by Crippen LogP contribution is 2.16. The minimum absolute atomic E-state index is 0.588. The standard InChI is InChI=1S/C14H15BrN2/c15-13-5-2-6-14(8-13)17-10-12-4-1-3-11(7-12)9-16/h1-8,17H,9-10,16H2. The van der Waals surface area contributed by atoms with E-state index in [4.69, 9.17) is 5.73 Å². The third-order valence-electron chi connectivity index (χ3n) is 2.55. The minimum atomic E-state index is 0.588. The first-order valence-electron chi connectivity index (χ1n) is 5.55. The average Bonchev–Trinajstić information content (AvgIpc) is 2.37. The SMILES string of the molecule is NCc1cccc(CNc2cccc(Br)c2)c1. The molecule has 0 aromatic heterocycles. The second kappa shape index (κ2) is 5.84. The highest BCUT2D eigenvalue weighted by molar-refractivity contribution is 9.10. The Hall–Kier alpha value is -1.32. The van der Waals surface area contributed by atoms with Crippen molar-refractivity contribution in [2.45, 2.75) is 13.1 Å². The zero-order valence-electron chi connectivity index (χ0n) is 9.49. The fraction of sp³-hybridized carbons (Fsp3) is 0.143. The first-order chi connectivity index (χ1) is 8.28. The van der Waals surface area contributed by atoms with Crippen LogP contribution in [0.3, 0.4) is 0 Å². The summed E-state index contributed by atoms with van der Waals surface area (Å²) >= 11 is 3.45. The number of hydrogen-bond donors (Lipinski definition) is 2. The van der Waals surface area contributed by atoms with Crippen molar-refractivity contribution in [1.29, 1.82) is 0 Å². The average molecular weight is 291 g/mol. The fourth-order valence-electron chi connectivity index (χ4n) is 1.67. The first kappa shape index (κ1) is 12.1. The van der Waals surface area contributed by atoms with Gasteiger partial charge in [-0.3, -0.25) is 0 Å². The molecule has 0 unspecified atom stereocenters. The first-order valence-corrected chi connectivity index (χ1v) is 6.34. The van der Waals surface area contributed by atoms with Gasteiger partial charge in [-0.05, 0) is 29.3 Å². The Morgan fingerprint density at radius 2 is 1.76 bits per heavy atom. The number of anilines is 1. The Bertz CT molecular complexity index is 497. The summed E-state index contributed by atoms with van der Waals surface area (Å²) in [6.07, 6.45) is 0. The lowest BCUT2D eigenvalue weighted by Crippen LogP contribution is -2.01. The molecule has 0 radical (unpaired) electrons. The fourth-order valence-corrected chi connectivity index (χ4v) is 2.07. The maximum absolute atomic E-state index is 5.62. The third kappa shape index (κ3) is 3.58. The number of rotatable bonds is 4. The van der Waals surface area contributed by atoms with Gasteiger partial charge in [0.1, 0.15) is 0 Å². The molecule has 0 aliphatic rings. The summed E-state index contributed by atoms with van der Waals surface area (Å²) < 4.78 is 1.08. The number of nitrogens with one attached hydrogen (secondary N) is 1. The van der Waals surface area contributed by atoms with E-state index in [0.717, 1.165) is 16.7 Å². The van der Waals surface area contributed by atoms with Crippen LogP contribution in [0.1, 0.15) is 11.1 Å². The van der Waals surface area contributed by atoms with Crippen LogP contribution in [-0.4, -0.2) is 0 Å². The summed E-state index contributed by atoms with van der Waals surface area (Å²) in [5.74, 6) is 0. The lowest BCUT2D eigenvalue weighted by molar-refractivity contribution is 1.05. The van der Waals surface area contributed by atoms with Crippen molar-refractivity contribution < 1.29 is 0 Å². The number of hydrogen-bond acceptors (Lipinski definition) is 2. The normalized spacial score (nSPS) is 10.2. The predicted molar refractivity (Wildman–Crippen MR) is 75.8 cm³/mol. The molecule has 17 heavy (non-hydrogen) atoms. The summed E-state index contributed by atoms with van der Waals surface area (Å²) in [7, 11) is 0. The van der Waals surface area contributed by atoms with Crippen LogP contribution in [0.2, 0.25) is 0 Å². The number of benzene rings is 2. The monoisotopic (exact) mass is 290 g/mol. The molecule has 0 aliphatic carbocycles. The van der Waals surface area contributed by atoms with E-state index in [0.29, 0.717) is 6.54 Å². The second-order valence-electron chi connectivity index (χ2n) is 3.89. The Morgan fingerprint density at radius 1 is 1.00 bits per heavy atom. The van der Waals surface area contributed by atoms with Crippen LogP contribution in [0.5, 0.6) is 0 Å². The molecule has 0 atom stereocenters. The molecule has 3 heteroatoms. The van der Waals surface area contributed by atoms with E-state index in [1.165, 1.54) is 11.1 Å². The summed E-state index contributed by atoms with van der Waals surface area (Å²) in [6.45, 7) is 1.40. The molecular weight excluding hydrogens is 276 g/mol. The van der Waals surface area contributed by atoms with E-state index < -0.39 is 0 Å². The zero-order valence-corrected chi connectivity index (χ0v) is 11.1. The van der Waals surface area contributed by atoms with E-state index in [-0.39, 0.29) is 0 Å². The number of nitrogens with two attached hydrogens (primary N) is 1. The molecule has 0 saturated carbocycles. The van der Waals surface area contributed by atoms with Crippen molar-refractivity contribution in [2.24, 2.45) is 5.73 Å². The molecule has 0 bridgehead atoms. The largest absolute Gasteiger partial charge is 0.381 e. The van der Waals surface area contributed by atoms with Crippen molar-refractivity contribution in [2.75, 3.05) is 5.32 Å². The van der Waals surface area contributed by atoms with Crippen LogP contribution in [0.25, 0.3) is 0 Å². The molecule has 3 N–H and O–H groups in total. The van der Waals surface area contributed by atoms with Crippen molar-refractivity contribution in [3.63, 3.8) is 0 Å². The van der Waals surface area contributed by atoms with Crippen LogP contribution < -0.4 is 11.1 Å².